The number of sulfonamides is 1. The molecule has 0 amide bonds. The number of rotatable bonds is 6. The van der Waals surface area contributed by atoms with Crippen molar-refractivity contribution in [1.82, 2.24) is 0 Å². The van der Waals surface area contributed by atoms with Gasteiger partial charge >= 0.3 is 0 Å². The fourth-order valence-corrected chi connectivity index (χ4v) is 3.45. The lowest BCUT2D eigenvalue weighted by Crippen LogP contribution is -2.12. The summed E-state index contributed by atoms with van der Waals surface area (Å²) in [6.45, 7) is 0. The summed E-state index contributed by atoms with van der Waals surface area (Å²) in [7, 11) is -3.67. The molecule has 3 aromatic rings. The number of benzene rings is 3. The second-order valence-corrected chi connectivity index (χ2v) is 7.47. The van der Waals surface area contributed by atoms with E-state index in [1.54, 1.807) is 60.7 Å². The van der Waals surface area contributed by atoms with Gasteiger partial charge < -0.3 is 5.11 Å². The molecule has 0 atom stereocenters. The zero-order chi connectivity index (χ0) is 19.3. The van der Waals surface area contributed by atoms with Gasteiger partial charge in [0.2, 0.25) is 0 Å². The van der Waals surface area contributed by atoms with Crippen molar-refractivity contribution in [3.63, 3.8) is 0 Å². The zero-order valence-electron chi connectivity index (χ0n) is 14.2. The minimum Gasteiger partial charge on any atom is -0.508 e. The van der Waals surface area contributed by atoms with E-state index in [0.29, 0.717) is 11.3 Å². The van der Waals surface area contributed by atoms with Crippen molar-refractivity contribution in [2.24, 2.45) is 0 Å². The van der Waals surface area contributed by atoms with E-state index in [-0.39, 0.29) is 16.4 Å². The summed E-state index contributed by atoms with van der Waals surface area (Å²) in [6.07, 6.45) is 3.07. The van der Waals surface area contributed by atoms with Crippen molar-refractivity contribution in [3.05, 3.63) is 96.1 Å². The van der Waals surface area contributed by atoms with Crippen LogP contribution in [0.3, 0.4) is 0 Å². The fourth-order valence-electron chi connectivity index (χ4n) is 2.37. The molecular weight excluding hydrogens is 362 g/mol. The quantitative estimate of drug-likeness (QED) is 0.499. The Kier molecular flexibility index (Phi) is 5.38. The molecule has 0 bridgehead atoms. The maximum absolute atomic E-state index is 12.3. The van der Waals surface area contributed by atoms with Crippen molar-refractivity contribution >= 4 is 27.6 Å². The lowest BCUT2D eigenvalue weighted by Gasteiger charge is -2.08. The third-order valence-electron chi connectivity index (χ3n) is 3.80. The molecule has 5 nitrogen and oxygen atoms in total. The Bertz CT molecular complexity index is 1060. The number of nitrogens with one attached hydrogen (secondary N) is 1. The average molecular weight is 379 g/mol. The molecular formula is C21H17NO4S. The zero-order valence-corrected chi connectivity index (χ0v) is 15.1. The normalized spacial score (nSPS) is 11.4. The van der Waals surface area contributed by atoms with E-state index < -0.39 is 10.0 Å². The number of phenols is 1. The predicted molar refractivity (Wildman–Crippen MR) is 105 cm³/mol. The summed E-state index contributed by atoms with van der Waals surface area (Å²) in [5.41, 5.74) is 1.60. The number of hydrogen-bond donors (Lipinski definition) is 2. The van der Waals surface area contributed by atoms with Gasteiger partial charge in [-0.05, 0) is 60.2 Å². The third kappa shape index (κ3) is 4.83. The molecule has 0 spiro atoms. The summed E-state index contributed by atoms with van der Waals surface area (Å²) < 4.78 is 27.1. The molecule has 6 heteroatoms. The molecule has 0 saturated carbocycles. The minimum absolute atomic E-state index is 0.159. The van der Waals surface area contributed by atoms with Gasteiger partial charge in [-0.25, -0.2) is 8.42 Å². The lowest BCUT2D eigenvalue weighted by atomic mass is 10.1. The van der Waals surface area contributed by atoms with Gasteiger partial charge in [-0.15, -0.1) is 0 Å². The Morgan fingerprint density at radius 1 is 0.852 bits per heavy atom. The molecule has 2 N–H and O–H groups in total. The van der Waals surface area contributed by atoms with Crippen LogP contribution >= 0.6 is 0 Å². The van der Waals surface area contributed by atoms with Gasteiger partial charge in [-0.3, -0.25) is 9.52 Å². The molecule has 0 heterocycles. The first-order valence-corrected chi connectivity index (χ1v) is 9.62. The molecule has 0 radical (unpaired) electrons. The van der Waals surface area contributed by atoms with E-state index in [2.05, 4.69) is 4.72 Å². The number of anilines is 1. The van der Waals surface area contributed by atoms with E-state index in [1.165, 1.54) is 30.3 Å². The molecule has 0 aliphatic carbocycles. The molecule has 0 fully saturated rings. The largest absolute Gasteiger partial charge is 0.508 e. The summed E-state index contributed by atoms with van der Waals surface area (Å²) in [5.74, 6) is -0.0486. The number of phenolic OH excluding ortho intramolecular Hbond substituents is 1. The van der Waals surface area contributed by atoms with Crippen molar-refractivity contribution in [3.8, 4) is 5.75 Å². The minimum atomic E-state index is -3.67. The number of carbonyl (C=O) groups is 1. The van der Waals surface area contributed by atoms with Gasteiger partial charge in [0.25, 0.3) is 10.0 Å². The van der Waals surface area contributed by atoms with E-state index in [0.717, 1.165) is 5.56 Å². The monoisotopic (exact) mass is 379 g/mol. The van der Waals surface area contributed by atoms with Gasteiger partial charge in [0.05, 0.1) is 4.90 Å². The van der Waals surface area contributed by atoms with E-state index in [9.17, 15) is 18.3 Å². The van der Waals surface area contributed by atoms with Crippen LogP contribution in [0.5, 0.6) is 5.75 Å². The average Bonchev–Trinajstić information content (AvgIpc) is 2.68. The molecule has 136 valence electrons. The Hall–Kier alpha value is -3.38. The van der Waals surface area contributed by atoms with Crippen LogP contribution in [0.15, 0.2) is 89.8 Å². The van der Waals surface area contributed by atoms with Crippen LogP contribution in [0.25, 0.3) is 6.08 Å². The van der Waals surface area contributed by atoms with E-state index in [1.807, 2.05) is 0 Å². The van der Waals surface area contributed by atoms with Crippen LogP contribution in [0.1, 0.15) is 15.9 Å². The smallest absolute Gasteiger partial charge is 0.261 e. The van der Waals surface area contributed by atoms with Crippen LogP contribution in [-0.2, 0) is 10.0 Å². The highest BCUT2D eigenvalue weighted by Gasteiger charge is 2.13. The second kappa shape index (κ2) is 7.88. The fraction of sp³-hybridized carbons (Fsp3) is 0. The van der Waals surface area contributed by atoms with Crippen molar-refractivity contribution in [1.29, 1.82) is 0 Å². The number of aromatic hydroxyl groups is 1. The van der Waals surface area contributed by atoms with E-state index in [4.69, 9.17) is 0 Å². The Balaban J connectivity index is 1.69. The summed E-state index contributed by atoms with van der Waals surface area (Å²) in [6, 6.07) is 20.7. The molecule has 27 heavy (non-hydrogen) atoms. The summed E-state index contributed by atoms with van der Waals surface area (Å²) in [5, 5.41) is 9.25. The van der Waals surface area contributed by atoms with Crippen LogP contribution in [0, 0.1) is 0 Å². The molecule has 0 saturated heterocycles. The van der Waals surface area contributed by atoms with E-state index >= 15 is 0 Å². The first-order chi connectivity index (χ1) is 12.9. The van der Waals surface area contributed by atoms with Crippen LogP contribution in [0.2, 0.25) is 0 Å². The number of allylic oxidation sites excluding steroid dienone is 1. The van der Waals surface area contributed by atoms with Crippen LogP contribution < -0.4 is 4.72 Å². The SMILES string of the molecule is O=C(C=Cc1ccc(O)cc1)c1ccc(NS(=O)(=O)c2ccccc2)cc1. The Morgan fingerprint density at radius 2 is 1.48 bits per heavy atom. The van der Waals surface area contributed by atoms with Crippen LogP contribution in [-0.4, -0.2) is 19.3 Å². The lowest BCUT2D eigenvalue weighted by molar-refractivity contribution is 0.104. The van der Waals surface area contributed by atoms with Crippen molar-refractivity contribution < 1.29 is 18.3 Å². The maximum Gasteiger partial charge on any atom is 0.261 e. The maximum atomic E-state index is 12.3. The van der Waals surface area contributed by atoms with Gasteiger partial charge in [0.1, 0.15) is 5.75 Å². The predicted octanol–water partition coefficient (Wildman–Crippen LogP) is 4.09. The molecule has 0 aliphatic rings. The van der Waals surface area contributed by atoms with Gasteiger partial charge in [-0.2, -0.15) is 0 Å². The number of ketones is 1. The summed E-state index contributed by atoms with van der Waals surface area (Å²) in [4.78, 5) is 12.4. The van der Waals surface area contributed by atoms with Crippen molar-refractivity contribution in [2.45, 2.75) is 4.90 Å². The highest BCUT2D eigenvalue weighted by Crippen LogP contribution is 2.17. The molecule has 0 unspecified atom stereocenters. The molecule has 3 aromatic carbocycles. The first kappa shape index (κ1) is 18.4. The highest BCUT2D eigenvalue weighted by atomic mass is 32.2. The van der Waals surface area contributed by atoms with Gasteiger partial charge in [0.15, 0.2) is 5.78 Å². The molecule has 0 aromatic heterocycles. The Labute approximate surface area is 157 Å². The van der Waals surface area contributed by atoms with Gasteiger partial charge in [-0.1, -0.05) is 36.4 Å². The topological polar surface area (TPSA) is 83.5 Å². The standard InChI is InChI=1S/C21H17NO4S/c23-19-13-6-16(7-14-19)8-15-21(24)17-9-11-18(12-10-17)22-27(25,26)20-4-2-1-3-5-20/h1-15,22-23H. The summed E-state index contributed by atoms with van der Waals surface area (Å²) >= 11 is 0. The van der Waals surface area contributed by atoms with Crippen LogP contribution in [0.4, 0.5) is 5.69 Å². The first-order valence-electron chi connectivity index (χ1n) is 8.13. The Morgan fingerprint density at radius 3 is 2.11 bits per heavy atom. The van der Waals surface area contributed by atoms with Gasteiger partial charge in [0, 0.05) is 11.3 Å². The molecule has 3 rings (SSSR count). The van der Waals surface area contributed by atoms with Crippen molar-refractivity contribution in [2.75, 3.05) is 4.72 Å². The molecule has 0 aliphatic heterocycles. The highest BCUT2D eigenvalue weighted by molar-refractivity contribution is 7.92. The number of hydrogen-bond acceptors (Lipinski definition) is 4. The number of carbonyl (C=O) groups excluding carboxylic acids is 1. The third-order valence-corrected chi connectivity index (χ3v) is 5.19. The second-order valence-electron chi connectivity index (χ2n) is 5.79.